The fourth-order valence-corrected chi connectivity index (χ4v) is 2.92. The average Bonchev–Trinajstić information content (AvgIpc) is 3.14. The molecule has 1 amide bonds. The lowest BCUT2D eigenvalue weighted by atomic mass is 10.2. The Bertz CT molecular complexity index is 874. The summed E-state index contributed by atoms with van der Waals surface area (Å²) in [4.78, 5) is 12.3. The van der Waals surface area contributed by atoms with Gasteiger partial charge in [0.2, 0.25) is 0 Å². The van der Waals surface area contributed by atoms with Crippen molar-refractivity contribution in [2.24, 2.45) is 0 Å². The number of benzene rings is 1. The molecule has 0 aliphatic carbocycles. The van der Waals surface area contributed by atoms with Crippen LogP contribution in [-0.2, 0) is 13.1 Å². The number of halogens is 1. The molecule has 0 spiro atoms. The summed E-state index contributed by atoms with van der Waals surface area (Å²) in [6.07, 6.45) is 0. The van der Waals surface area contributed by atoms with Crippen LogP contribution in [0.25, 0.3) is 0 Å². The van der Waals surface area contributed by atoms with Gasteiger partial charge in [0.05, 0.1) is 35.4 Å². The van der Waals surface area contributed by atoms with Crippen LogP contribution in [-0.4, -0.2) is 29.6 Å². The van der Waals surface area contributed by atoms with E-state index in [0.717, 1.165) is 28.7 Å². The van der Waals surface area contributed by atoms with E-state index in [1.807, 2.05) is 25.1 Å². The number of amides is 1. The van der Waals surface area contributed by atoms with Crippen molar-refractivity contribution in [3.63, 3.8) is 0 Å². The SMILES string of the molecule is Cc1nsnc1Cn1nnc(C(=O)NCc2ccccc2Cl)c1C. The van der Waals surface area contributed by atoms with E-state index in [-0.39, 0.29) is 5.91 Å². The molecule has 7 nitrogen and oxygen atoms in total. The van der Waals surface area contributed by atoms with E-state index < -0.39 is 0 Å². The van der Waals surface area contributed by atoms with Gasteiger partial charge in [-0.15, -0.1) is 5.10 Å². The number of aromatic nitrogens is 5. The Kier molecular flexibility index (Phi) is 4.86. The molecule has 0 saturated carbocycles. The van der Waals surface area contributed by atoms with Crippen LogP contribution < -0.4 is 5.32 Å². The number of aryl methyl sites for hydroxylation is 1. The van der Waals surface area contributed by atoms with Crippen LogP contribution in [0.4, 0.5) is 0 Å². The summed E-state index contributed by atoms with van der Waals surface area (Å²) < 4.78 is 10.00. The number of carbonyl (C=O) groups is 1. The summed E-state index contributed by atoms with van der Waals surface area (Å²) >= 11 is 7.25. The molecule has 0 bridgehead atoms. The number of hydrogen-bond acceptors (Lipinski definition) is 6. The van der Waals surface area contributed by atoms with Crippen molar-refractivity contribution in [1.82, 2.24) is 29.1 Å². The lowest BCUT2D eigenvalue weighted by molar-refractivity contribution is 0.0945. The second kappa shape index (κ2) is 7.06. The molecule has 0 aliphatic rings. The van der Waals surface area contributed by atoms with Crippen LogP contribution in [0.1, 0.15) is 33.1 Å². The highest BCUT2D eigenvalue weighted by atomic mass is 35.5. The molecule has 2 heterocycles. The Hall–Kier alpha value is -2.32. The Morgan fingerprint density at radius 2 is 2.08 bits per heavy atom. The summed E-state index contributed by atoms with van der Waals surface area (Å²) in [6.45, 7) is 4.47. The molecule has 0 fully saturated rings. The second-order valence-electron chi connectivity index (χ2n) is 5.25. The molecule has 9 heteroatoms. The third-order valence-corrected chi connectivity index (χ3v) is 4.67. The van der Waals surface area contributed by atoms with Crippen LogP contribution in [0.5, 0.6) is 0 Å². The van der Waals surface area contributed by atoms with E-state index in [0.29, 0.717) is 29.5 Å². The minimum absolute atomic E-state index is 0.285. The first-order chi connectivity index (χ1) is 11.6. The highest BCUT2D eigenvalue weighted by Crippen LogP contribution is 2.15. The maximum atomic E-state index is 12.3. The Labute approximate surface area is 148 Å². The normalized spacial score (nSPS) is 10.8. The first-order valence-electron chi connectivity index (χ1n) is 7.26. The van der Waals surface area contributed by atoms with E-state index in [9.17, 15) is 4.79 Å². The first-order valence-corrected chi connectivity index (χ1v) is 8.37. The van der Waals surface area contributed by atoms with Crippen molar-refractivity contribution in [2.75, 3.05) is 0 Å². The minimum atomic E-state index is -0.285. The fraction of sp³-hybridized carbons (Fsp3) is 0.267. The van der Waals surface area contributed by atoms with Crippen molar-refractivity contribution in [3.8, 4) is 0 Å². The minimum Gasteiger partial charge on any atom is -0.346 e. The van der Waals surface area contributed by atoms with E-state index in [4.69, 9.17) is 11.6 Å². The molecule has 1 N–H and O–H groups in total. The second-order valence-corrected chi connectivity index (χ2v) is 6.19. The van der Waals surface area contributed by atoms with Crippen molar-refractivity contribution in [3.05, 3.63) is 57.6 Å². The van der Waals surface area contributed by atoms with Gasteiger partial charge in [0.25, 0.3) is 5.91 Å². The molecule has 2 aromatic heterocycles. The highest BCUT2D eigenvalue weighted by molar-refractivity contribution is 6.99. The standard InChI is InChI=1S/C15H15ClN6OS/c1-9-13(20-24-19-9)8-22-10(2)14(18-21-22)15(23)17-7-11-5-3-4-6-12(11)16/h3-6H,7-8H2,1-2H3,(H,17,23). The molecule has 24 heavy (non-hydrogen) atoms. The van der Waals surface area contributed by atoms with Gasteiger partial charge in [0, 0.05) is 11.6 Å². The van der Waals surface area contributed by atoms with E-state index >= 15 is 0 Å². The predicted octanol–water partition coefficient (Wildman–Crippen LogP) is 2.38. The lowest BCUT2D eigenvalue weighted by Gasteiger charge is -2.06. The molecule has 0 atom stereocenters. The largest absolute Gasteiger partial charge is 0.346 e. The van der Waals surface area contributed by atoms with Crippen molar-refractivity contribution >= 4 is 29.2 Å². The van der Waals surface area contributed by atoms with E-state index in [2.05, 4.69) is 24.4 Å². The third kappa shape index (κ3) is 3.44. The van der Waals surface area contributed by atoms with Gasteiger partial charge < -0.3 is 5.32 Å². The zero-order valence-corrected chi connectivity index (χ0v) is 14.7. The maximum absolute atomic E-state index is 12.3. The number of hydrogen-bond donors (Lipinski definition) is 1. The summed E-state index contributed by atoms with van der Waals surface area (Å²) in [6, 6.07) is 7.37. The smallest absolute Gasteiger partial charge is 0.274 e. The van der Waals surface area contributed by atoms with Crippen molar-refractivity contribution < 1.29 is 4.79 Å². The van der Waals surface area contributed by atoms with Crippen LogP contribution in [0.15, 0.2) is 24.3 Å². The Morgan fingerprint density at radius 1 is 1.29 bits per heavy atom. The zero-order valence-electron chi connectivity index (χ0n) is 13.2. The molecule has 0 unspecified atom stereocenters. The molecule has 1 aromatic carbocycles. The highest BCUT2D eigenvalue weighted by Gasteiger charge is 2.17. The molecule has 0 saturated heterocycles. The third-order valence-electron chi connectivity index (χ3n) is 3.64. The van der Waals surface area contributed by atoms with E-state index in [1.165, 1.54) is 0 Å². The lowest BCUT2D eigenvalue weighted by Crippen LogP contribution is -2.24. The fourth-order valence-electron chi connectivity index (χ4n) is 2.16. The van der Waals surface area contributed by atoms with E-state index in [1.54, 1.807) is 17.7 Å². The van der Waals surface area contributed by atoms with Gasteiger partial charge in [0.15, 0.2) is 5.69 Å². The molecule has 124 valence electrons. The zero-order chi connectivity index (χ0) is 17.1. The molecule has 3 rings (SSSR count). The van der Waals surface area contributed by atoms with Gasteiger partial charge in [-0.1, -0.05) is 35.0 Å². The van der Waals surface area contributed by atoms with Crippen molar-refractivity contribution in [1.29, 1.82) is 0 Å². The Balaban J connectivity index is 1.70. The average molecular weight is 363 g/mol. The summed E-state index contributed by atoms with van der Waals surface area (Å²) in [5.74, 6) is -0.285. The molecule has 3 aromatic rings. The monoisotopic (exact) mass is 362 g/mol. The molecule has 0 radical (unpaired) electrons. The number of carbonyl (C=O) groups excluding carboxylic acids is 1. The van der Waals surface area contributed by atoms with Crippen LogP contribution in [0.3, 0.4) is 0 Å². The maximum Gasteiger partial charge on any atom is 0.274 e. The van der Waals surface area contributed by atoms with Gasteiger partial charge >= 0.3 is 0 Å². The van der Waals surface area contributed by atoms with Gasteiger partial charge in [-0.25, -0.2) is 4.68 Å². The first kappa shape index (κ1) is 16.5. The number of rotatable bonds is 5. The summed E-state index contributed by atoms with van der Waals surface area (Å²) in [5, 5.41) is 11.5. The molecule has 0 aliphatic heterocycles. The molecular weight excluding hydrogens is 348 g/mol. The number of nitrogens with zero attached hydrogens (tertiary/aromatic N) is 5. The number of nitrogens with one attached hydrogen (secondary N) is 1. The topological polar surface area (TPSA) is 85.6 Å². The van der Waals surface area contributed by atoms with Crippen LogP contribution in [0, 0.1) is 13.8 Å². The summed E-state index contributed by atoms with van der Waals surface area (Å²) in [7, 11) is 0. The van der Waals surface area contributed by atoms with Gasteiger partial charge in [-0.3, -0.25) is 4.79 Å². The van der Waals surface area contributed by atoms with Crippen LogP contribution in [0.2, 0.25) is 5.02 Å². The predicted molar refractivity (Wildman–Crippen MR) is 91.1 cm³/mol. The van der Waals surface area contributed by atoms with Gasteiger partial charge in [0.1, 0.15) is 0 Å². The Morgan fingerprint density at radius 3 is 2.79 bits per heavy atom. The van der Waals surface area contributed by atoms with Crippen LogP contribution >= 0.6 is 23.3 Å². The van der Waals surface area contributed by atoms with Crippen molar-refractivity contribution in [2.45, 2.75) is 26.9 Å². The quantitative estimate of drug-likeness (QED) is 0.753. The molecular formula is C15H15ClN6OS. The van der Waals surface area contributed by atoms with Gasteiger partial charge in [-0.2, -0.15) is 8.75 Å². The summed E-state index contributed by atoms with van der Waals surface area (Å²) in [5.41, 5.74) is 3.51. The van der Waals surface area contributed by atoms with Gasteiger partial charge in [-0.05, 0) is 25.5 Å².